The van der Waals surface area contributed by atoms with Gasteiger partial charge in [0.25, 0.3) is 6.10 Å². The summed E-state index contributed by atoms with van der Waals surface area (Å²) in [4.78, 5) is 10.8. The van der Waals surface area contributed by atoms with Crippen LogP contribution in [0, 0.1) is 5.92 Å². The normalized spacial score (nSPS) is 15.1. The van der Waals surface area contributed by atoms with Gasteiger partial charge in [-0.05, 0) is 5.92 Å². The van der Waals surface area contributed by atoms with Crippen molar-refractivity contribution in [3.05, 3.63) is 0 Å². The average molecular weight is 330 g/mol. The van der Waals surface area contributed by atoms with Crippen LogP contribution in [-0.2, 0) is 19.6 Å². The number of rotatable bonds is 5. The minimum absolute atomic E-state index is 0.325. The molecule has 1 atom stereocenters. The summed E-state index contributed by atoms with van der Waals surface area (Å²) in [6.07, 6.45) is -12.5. The Balaban J connectivity index is 5.18. The molecule has 0 saturated carbocycles. The second kappa shape index (κ2) is 6.08. The zero-order valence-corrected chi connectivity index (χ0v) is 11.0. The average Bonchev–Trinajstić information content (AvgIpc) is 2.19. The van der Waals surface area contributed by atoms with E-state index < -0.39 is 40.4 Å². The summed E-state index contributed by atoms with van der Waals surface area (Å²) in [6, 6.07) is 0. The molecule has 1 unspecified atom stereocenters. The van der Waals surface area contributed by atoms with Gasteiger partial charge in [0, 0.05) is 0 Å². The molecule has 0 fully saturated rings. The molecule has 6 nitrogen and oxygen atoms in total. The second-order valence-electron chi connectivity index (χ2n) is 4.03. The lowest BCUT2D eigenvalue weighted by molar-refractivity contribution is -0.252. The highest BCUT2D eigenvalue weighted by Crippen LogP contribution is 2.38. The molecule has 20 heavy (non-hydrogen) atoms. The summed E-state index contributed by atoms with van der Waals surface area (Å²) >= 11 is 0. The fourth-order valence-electron chi connectivity index (χ4n) is 0.826. The molecule has 0 rings (SSSR count). The first-order chi connectivity index (χ1) is 8.69. The third-order valence-electron chi connectivity index (χ3n) is 1.70. The summed E-state index contributed by atoms with van der Waals surface area (Å²) < 4.78 is 98.8. The zero-order valence-electron chi connectivity index (χ0n) is 10.1. The van der Waals surface area contributed by atoms with Gasteiger partial charge in [0.15, 0.2) is 0 Å². The van der Waals surface area contributed by atoms with Crippen molar-refractivity contribution in [3.8, 4) is 0 Å². The maximum atomic E-state index is 13.0. The van der Waals surface area contributed by atoms with E-state index in [0.717, 1.165) is 0 Å². The number of hydrogen-bond donors (Lipinski definition) is 1. The molecular formula is C8H11F5O6S. The van der Waals surface area contributed by atoms with Crippen LogP contribution in [0.4, 0.5) is 26.7 Å². The Morgan fingerprint density at radius 1 is 1.20 bits per heavy atom. The molecule has 0 aromatic rings. The third-order valence-corrected chi connectivity index (χ3v) is 2.60. The molecule has 0 radical (unpaired) electrons. The highest BCUT2D eigenvalue weighted by molar-refractivity contribution is 7.86. The van der Waals surface area contributed by atoms with Crippen molar-refractivity contribution >= 4 is 16.3 Å². The predicted molar refractivity (Wildman–Crippen MR) is 53.6 cm³/mol. The van der Waals surface area contributed by atoms with Gasteiger partial charge in [0.1, 0.15) is 0 Å². The monoisotopic (exact) mass is 330 g/mol. The lowest BCUT2D eigenvalue weighted by atomic mass is 10.2. The summed E-state index contributed by atoms with van der Waals surface area (Å²) in [5.41, 5.74) is 0. The zero-order chi connectivity index (χ0) is 16.4. The fourth-order valence-corrected chi connectivity index (χ4v) is 1.28. The molecule has 0 saturated heterocycles. The van der Waals surface area contributed by atoms with Gasteiger partial charge in [-0.3, -0.25) is 4.55 Å². The Morgan fingerprint density at radius 2 is 1.65 bits per heavy atom. The highest BCUT2D eigenvalue weighted by Gasteiger charge is 2.66. The van der Waals surface area contributed by atoms with E-state index >= 15 is 0 Å². The van der Waals surface area contributed by atoms with Crippen molar-refractivity contribution in [2.45, 2.75) is 31.4 Å². The van der Waals surface area contributed by atoms with E-state index in [-0.39, 0.29) is 5.92 Å². The van der Waals surface area contributed by atoms with E-state index in [9.17, 15) is 35.2 Å². The molecule has 120 valence electrons. The van der Waals surface area contributed by atoms with Crippen molar-refractivity contribution in [2.75, 3.05) is 6.61 Å². The highest BCUT2D eigenvalue weighted by atomic mass is 32.2. The molecule has 0 bridgehead atoms. The molecule has 0 aromatic heterocycles. The van der Waals surface area contributed by atoms with E-state index in [1.807, 2.05) is 0 Å². The molecular weight excluding hydrogens is 319 g/mol. The van der Waals surface area contributed by atoms with Gasteiger partial charge in [-0.25, -0.2) is 4.79 Å². The van der Waals surface area contributed by atoms with Gasteiger partial charge < -0.3 is 9.47 Å². The van der Waals surface area contributed by atoms with E-state index in [4.69, 9.17) is 4.55 Å². The molecule has 0 amide bonds. The Kier molecular flexibility index (Phi) is 5.72. The van der Waals surface area contributed by atoms with Gasteiger partial charge >= 0.3 is 27.7 Å². The minimum atomic E-state index is -6.45. The SMILES string of the molecule is CC(C)COC(=O)OC(C(F)(F)F)C(F)(F)S(=O)(=O)O. The molecule has 1 N–H and O–H groups in total. The van der Waals surface area contributed by atoms with E-state index in [1.54, 1.807) is 0 Å². The van der Waals surface area contributed by atoms with Gasteiger partial charge in [-0.15, -0.1) is 0 Å². The van der Waals surface area contributed by atoms with Crippen LogP contribution in [0.3, 0.4) is 0 Å². The molecule has 0 heterocycles. The maximum Gasteiger partial charge on any atom is 0.509 e. The topological polar surface area (TPSA) is 89.9 Å². The van der Waals surface area contributed by atoms with Gasteiger partial charge in [0.2, 0.25) is 0 Å². The fraction of sp³-hybridized carbons (Fsp3) is 0.875. The van der Waals surface area contributed by atoms with Crippen molar-refractivity contribution in [1.82, 2.24) is 0 Å². The van der Waals surface area contributed by atoms with Crippen LogP contribution in [0.2, 0.25) is 0 Å². The van der Waals surface area contributed by atoms with E-state index in [2.05, 4.69) is 9.47 Å². The maximum absolute atomic E-state index is 13.0. The molecule has 12 heteroatoms. The lowest BCUT2D eigenvalue weighted by Gasteiger charge is -2.25. The first-order valence-corrected chi connectivity index (χ1v) is 6.38. The first-order valence-electron chi connectivity index (χ1n) is 4.94. The van der Waals surface area contributed by atoms with Gasteiger partial charge in [0.05, 0.1) is 6.61 Å². The molecule has 0 spiro atoms. The Hall–Kier alpha value is -1.17. The van der Waals surface area contributed by atoms with Crippen molar-refractivity contribution in [2.24, 2.45) is 5.92 Å². The van der Waals surface area contributed by atoms with Crippen LogP contribution in [0.15, 0.2) is 0 Å². The Morgan fingerprint density at radius 3 is 1.95 bits per heavy atom. The summed E-state index contributed by atoms with van der Waals surface area (Å²) in [7, 11) is -6.45. The predicted octanol–water partition coefficient (Wildman–Crippen LogP) is 2.21. The lowest BCUT2D eigenvalue weighted by Crippen LogP contribution is -2.52. The smallest absolute Gasteiger partial charge is 0.434 e. The van der Waals surface area contributed by atoms with Crippen molar-refractivity contribution < 1.29 is 49.2 Å². The van der Waals surface area contributed by atoms with Gasteiger partial charge in [-0.1, -0.05) is 13.8 Å². The van der Waals surface area contributed by atoms with Gasteiger partial charge in [-0.2, -0.15) is 30.4 Å². The minimum Gasteiger partial charge on any atom is -0.434 e. The van der Waals surface area contributed by atoms with Crippen molar-refractivity contribution in [3.63, 3.8) is 0 Å². The van der Waals surface area contributed by atoms with Crippen molar-refractivity contribution in [1.29, 1.82) is 0 Å². The summed E-state index contributed by atoms with van der Waals surface area (Å²) in [5, 5.41) is -5.76. The number of alkyl halides is 5. The quantitative estimate of drug-likeness (QED) is 0.472. The number of halogens is 5. The molecule has 0 aliphatic carbocycles. The van der Waals surface area contributed by atoms with E-state index in [0.29, 0.717) is 0 Å². The third kappa shape index (κ3) is 5.07. The Labute approximate surface area is 110 Å². The standard InChI is InChI=1S/C8H11F5O6S/c1-4(2)3-18-6(14)19-5(7(9,10)11)8(12,13)20(15,16)17/h4-5H,3H2,1-2H3,(H,15,16,17). The van der Waals surface area contributed by atoms with Crippen LogP contribution < -0.4 is 0 Å². The summed E-state index contributed by atoms with van der Waals surface area (Å²) in [5.74, 6) is -0.325. The molecule has 0 aliphatic heterocycles. The van der Waals surface area contributed by atoms with Crippen LogP contribution in [-0.4, -0.2) is 43.3 Å². The van der Waals surface area contributed by atoms with Crippen LogP contribution >= 0.6 is 0 Å². The Bertz CT molecular complexity index is 443. The number of carbonyl (C=O) groups excluding carboxylic acids is 1. The second-order valence-corrected chi connectivity index (χ2v) is 5.53. The van der Waals surface area contributed by atoms with Crippen LogP contribution in [0.25, 0.3) is 0 Å². The molecule has 0 aromatic carbocycles. The largest absolute Gasteiger partial charge is 0.509 e. The number of hydrogen-bond acceptors (Lipinski definition) is 5. The van der Waals surface area contributed by atoms with Crippen LogP contribution in [0.5, 0.6) is 0 Å². The molecule has 0 aliphatic rings. The van der Waals surface area contributed by atoms with E-state index in [1.165, 1.54) is 13.8 Å². The number of carbonyl (C=O) groups is 1. The van der Waals surface area contributed by atoms with Crippen LogP contribution in [0.1, 0.15) is 13.8 Å². The first kappa shape index (κ1) is 18.8. The summed E-state index contributed by atoms with van der Waals surface area (Å²) in [6.45, 7) is 2.57. The number of ether oxygens (including phenoxy) is 2.